The topological polar surface area (TPSA) is 84.3 Å². The summed E-state index contributed by atoms with van der Waals surface area (Å²) in [6, 6.07) is 0. The van der Waals surface area contributed by atoms with Crippen LogP contribution in [0.3, 0.4) is 0 Å². The first-order chi connectivity index (χ1) is 8.58. The highest BCUT2D eigenvalue weighted by molar-refractivity contribution is 7.98. The summed E-state index contributed by atoms with van der Waals surface area (Å²) in [6.45, 7) is 3.97. The van der Waals surface area contributed by atoms with Gasteiger partial charge in [-0.2, -0.15) is 0 Å². The van der Waals surface area contributed by atoms with Crippen LogP contribution in [0.1, 0.15) is 24.2 Å². The lowest BCUT2D eigenvalue weighted by atomic mass is 10.3. The van der Waals surface area contributed by atoms with E-state index in [2.05, 4.69) is 15.3 Å². The quantitative estimate of drug-likeness (QED) is 0.456. The summed E-state index contributed by atoms with van der Waals surface area (Å²) in [5.74, 6) is -0.0908. The first-order valence-corrected chi connectivity index (χ1v) is 6.81. The number of carbonyl (C=O) groups excluding carboxylic acids is 1. The van der Waals surface area contributed by atoms with Crippen molar-refractivity contribution in [3.05, 3.63) is 11.8 Å². The van der Waals surface area contributed by atoms with E-state index >= 15 is 0 Å². The van der Waals surface area contributed by atoms with Gasteiger partial charge >= 0.3 is 5.97 Å². The Hall–Kier alpha value is -1.34. The van der Waals surface area contributed by atoms with Gasteiger partial charge in [0.2, 0.25) is 0 Å². The number of nitrogens with zero attached hydrogens (tertiary/aromatic N) is 2. The molecule has 0 aliphatic carbocycles. The second-order valence-electron chi connectivity index (χ2n) is 3.57. The van der Waals surface area contributed by atoms with Crippen LogP contribution in [-0.4, -0.2) is 46.6 Å². The third-order valence-corrected chi connectivity index (χ3v) is 2.57. The van der Waals surface area contributed by atoms with E-state index in [1.54, 1.807) is 13.8 Å². The van der Waals surface area contributed by atoms with Gasteiger partial charge < -0.3 is 15.2 Å². The van der Waals surface area contributed by atoms with Crippen molar-refractivity contribution >= 4 is 23.5 Å². The van der Waals surface area contributed by atoms with Crippen LogP contribution in [0.15, 0.2) is 11.4 Å². The first-order valence-electron chi connectivity index (χ1n) is 5.58. The van der Waals surface area contributed by atoms with Gasteiger partial charge in [-0.25, -0.2) is 14.8 Å². The Morgan fingerprint density at radius 3 is 2.94 bits per heavy atom. The molecular weight excluding hydrogens is 254 g/mol. The number of esters is 1. The number of aliphatic hydroxyl groups excluding tert-OH is 1. The lowest BCUT2D eigenvalue weighted by Gasteiger charge is -2.12. The highest BCUT2D eigenvalue weighted by Crippen LogP contribution is 2.17. The Morgan fingerprint density at radius 2 is 2.39 bits per heavy atom. The van der Waals surface area contributed by atoms with E-state index in [4.69, 9.17) is 4.74 Å². The Kier molecular flexibility index (Phi) is 5.87. The molecule has 0 saturated heterocycles. The molecule has 0 aromatic carbocycles. The molecule has 0 bridgehead atoms. The van der Waals surface area contributed by atoms with Gasteiger partial charge in [0.05, 0.1) is 12.7 Å². The monoisotopic (exact) mass is 271 g/mol. The Labute approximate surface area is 110 Å². The number of hydrogen-bond donors (Lipinski definition) is 2. The number of nitrogens with one attached hydrogen (secondary N) is 1. The van der Waals surface area contributed by atoms with Gasteiger partial charge in [-0.3, -0.25) is 0 Å². The fourth-order valence-electron chi connectivity index (χ4n) is 1.20. The Balaban J connectivity index is 2.96. The lowest BCUT2D eigenvalue weighted by molar-refractivity contribution is 0.0526. The van der Waals surface area contributed by atoms with Gasteiger partial charge in [0, 0.05) is 12.7 Å². The fourth-order valence-corrected chi connectivity index (χ4v) is 1.54. The average Bonchev–Trinajstić information content (AvgIpc) is 2.36. The van der Waals surface area contributed by atoms with E-state index in [9.17, 15) is 9.90 Å². The number of ether oxygens (including phenoxy) is 1. The first kappa shape index (κ1) is 14.7. The maximum atomic E-state index is 11.7. The predicted octanol–water partition coefficient (Wildman–Crippen LogP) is 1.17. The fraction of sp³-hybridized carbons (Fsp3) is 0.545. The van der Waals surface area contributed by atoms with E-state index < -0.39 is 12.1 Å². The van der Waals surface area contributed by atoms with Crippen molar-refractivity contribution in [3.63, 3.8) is 0 Å². The molecule has 0 fully saturated rings. The van der Waals surface area contributed by atoms with Gasteiger partial charge in [-0.15, -0.1) is 0 Å². The normalized spacial score (nSPS) is 12.0. The van der Waals surface area contributed by atoms with Crippen LogP contribution in [0.25, 0.3) is 0 Å². The van der Waals surface area contributed by atoms with Crippen molar-refractivity contribution in [2.75, 3.05) is 24.7 Å². The molecular formula is C11H17N3O3S. The number of aromatic nitrogens is 2. The van der Waals surface area contributed by atoms with E-state index in [0.717, 1.165) is 0 Å². The standard InChI is InChI=1S/C11H17N3O3S/c1-4-17-10(16)8-6-13-11(18-3)14-9(8)12-5-7(2)15/h6-7,15H,4-5H2,1-3H3,(H,12,13,14)/t7-/m0/s1. The van der Waals surface area contributed by atoms with E-state index in [-0.39, 0.29) is 5.56 Å². The number of thioether (sulfide) groups is 1. The summed E-state index contributed by atoms with van der Waals surface area (Å²) in [5, 5.41) is 12.7. The molecule has 0 radical (unpaired) electrons. The highest BCUT2D eigenvalue weighted by atomic mass is 32.2. The molecule has 2 N–H and O–H groups in total. The van der Waals surface area contributed by atoms with E-state index in [0.29, 0.717) is 24.1 Å². The maximum absolute atomic E-state index is 11.7. The number of rotatable bonds is 6. The number of aliphatic hydroxyl groups is 1. The van der Waals surface area contributed by atoms with Crippen LogP contribution < -0.4 is 5.32 Å². The van der Waals surface area contributed by atoms with Crippen LogP contribution in [0.4, 0.5) is 5.82 Å². The minimum absolute atomic E-state index is 0.273. The van der Waals surface area contributed by atoms with Crippen molar-refractivity contribution in [1.29, 1.82) is 0 Å². The lowest BCUT2D eigenvalue weighted by Crippen LogP contribution is -2.19. The van der Waals surface area contributed by atoms with Gasteiger partial charge in [0.25, 0.3) is 0 Å². The molecule has 1 rings (SSSR count). The zero-order valence-corrected chi connectivity index (χ0v) is 11.5. The molecule has 7 heteroatoms. The minimum atomic E-state index is -0.534. The van der Waals surface area contributed by atoms with Crippen LogP contribution in [0.2, 0.25) is 0 Å². The molecule has 0 saturated carbocycles. The van der Waals surface area contributed by atoms with Gasteiger partial charge in [-0.05, 0) is 20.1 Å². The molecule has 0 aliphatic heterocycles. The second kappa shape index (κ2) is 7.17. The Morgan fingerprint density at radius 1 is 1.67 bits per heavy atom. The molecule has 6 nitrogen and oxygen atoms in total. The van der Waals surface area contributed by atoms with Crippen molar-refractivity contribution in [2.24, 2.45) is 0 Å². The molecule has 100 valence electrons. The van der Waals surface area contributed by atoms with Gasteiger partial charge in [-0.1, -0.05) is 11.8 Å². The molecule has 18 heavy (non-hydrogen) atoms. The van der Waals surface area contributed by atoms with Gasteiger partial charge in [0.1, 0.15) is 11.4 Å². The van der Waals surface area contributed by atoms with Gasteiger partial charge in [0.15, 0.2) is 5.16 Å². The smallest absolute Gasteiger partial charge is 0.343 e. The van der Waals surface area contributed by atoms with Crippen LogP contribution in [0.5, 0.6) is 0 Å². The van der Waals surface area contributed by atoms with Crippen LogP contribution in [0, 0.1) is 0 Å². The molecule has 1 aromatic heterocycles. The number of anilines is 1. The average molecular weight is 271 g/mol. The van der Waals surface area contributed by atoms with Crippen molar-refractivity contribution in [2.45, 2.75) is 25.1 Å². The third-order valence-electron chi connectivity index (χ3n) is 2.01. The molecule has 0 spiro atoms. The summed E-state index contributed by atoms with van der Waals surface area (Å²) in [5.41, 5.74) is 0.273. The maximum Gasteiger partial charge on any atom is 0.343 e. The third kappa shape index (κ3) is 4.15. The SMILES string of the molecule is CCOC(=O)c1cnc(SC)nc1NC[C@H](C)O. The van der Waals surface area contributed by atoms with E-state index in [1.807, 2.05) is 6.26 Å². The molecule has 0 amide bonds. The largest absolute Gasteiger partial charge is 0.462 e. The zero-order valence-electron chi connectivity index (χ0n) is 10.6. The molecule has 1 atom stereocenters. The minimum Gasteiger partial charge on any atom is -0.462 e. The van der Waals surface area contributed by atoms with Crippen LogP contribution in [-0.2, 0) is 4.74 Å². The summed E-state index contributed by atoms with van der Waals surface area (Å²) in [7, 11) is 0. The summed E-state index contributed by atoms with van der Waals surface area (Å²) in [4.78, 5) is 19.9. The zero-order chi connectivity index (χ0) is 13.5. The molecule has 1 heterocycles. The number of hydrogen-bond acceptors (Lipinski definition) is 7. The summed E-state index contributed by atoms with van der Waals surface area (Å²) in [6.07, 6.45) is 2.74. The van der Waals surface area contributed by atoms with Crippen molar-refractivity contribution in [3.8, 4) is 0 Å². The highest BCUT2D eigenvalue weighted by Gasteiger charge is 2.15. The Bertz CT molecular complexity index is 413. The summed E-state index contributed by atoms with van der Waals surface area (Å²) < 4.78 is 4.92. The van der Waals surface area contributed by atoms with Crippen molar-refractivity contribution in [1.82, 2.24) is 9.97 Å². The summed E-state index contributed by atoms with van der Waals surface area (Å²) >= 11 is 1.37. The molecule has 0 unspecified atom stereocenters. The molecule has 1 aromatic rings. The predicted molar refractivity (Wildman–Crippen MR) is 69.9 cm³/mol. The van der Waals surface area contributed by atoms with Crippen molar-refractivity contribution < 1.29 is 14.6 Å². The van der Waals surface area contributed by atoms with E-state index in [1.165, 1.54) is 18.0 Å². The van der Waals surface area contributed by atoms with Crippen LogP contribution >= 0.6 is 11.8 Å². The number of carbonyl (C=O) groups is 1. The second-order valence-corrected chi connectivity index (χ2v) is 4.34. The molecule has 0 aliphatic rings.